The zero-order valence-electron chi connectivity index (χ0n) is 19.1. The molecule has 0 aromatic heterocycles. The summed E-state index contributed by atoms with van der Waals surface area (Å²) in [6, 6.07) is 12.0. The van der Waals surface area contributed by atoms with Crippen LogP contribution in [0.15, 0.2) is 59.5 Å². The Morgan fingerprint density at radius 3 is 2.61 bits per heavy atom. The summed E-state index contributed by atoms with van der Waals surface area (Å²) in [5.41, 5.74) is 0.0539. The van der Waals surface area contributed by atoms with E-state index < -0.39 is 27.7 Å². The number of amides is 1. The standard InChI is InChI=1S/C24H20ClFN2O7S/c1-3-34-24(30)17-7-6-16(12-18(17)26)27-23(29)14-4-8-20-19(10-14)28(13-35-20)36(31,32)22-11-15(25)5-9-21(22)33-2/h4-12H,3,13H2,1-2H3,(H,27,29). The van der Waals surface area contributed by atoms with Crippen molar-refractivity contribution in [3.05, 3.63) is 76.6 Å². The van der Waals surface area contributed by atoms with Crippen LogP contribution in [0.5, 0.6) is 11.5 Å². The predicted octanol–water partition coefficient (Wildman–Crippen LogP) is 4.46. The Hall–Kier alpha value is -3.83. The molecule has 0 radical (unpaired) electrons. The highest BCUT2D eigenvalue weighted by Crippen LogP contribution is 2.40. The van der Waals surface area contributed by atoms with Crippen molar-refractivity contribution in [2.45, 2.75) is 11.8 Å². The van der Waals surface area contributed by atoms with Crippen molar-refractivity contribution in [2.24, 2.45) is 0 Å². The molecule has 0 fully saturated rings. The molecular formula is C24H20ClFN2O7S. The van der Waals surface area contributed by atoms with Crippen LogP contribution in [-0.4, -0.2) is 40.7 Å². The number of halogens is 2. The van der Waals surface area contributed by atoms with Crippen molar-refractivity contribution in [1.82, 2.24) is 0 Å². The van der Waals surface area contributed by atoms with Crippen LogP contribution in [0.4, 0.5) is 15.8 Å². The average molecular weight is 535 g/mol. The highest BCUT2D eigenvalue weighted by Gasteiger charge is 2.35. The number of fused-ring (bicyclic) bond motifs is 1. The number of nitrogens with one attached hydrogen (secondary N) is 1. The molecule has 9 nitrogen and oxygen atoms in total. The summed E-state index contributed by atoms with van der Waals surface area (Å²) in [6.07, 6.45) is 0. The Labute approximate surface area is 211 Å². The first-order valence-electron chi connectivity index (χ1n) is 10.6. The predicted molar refractivity (Wildman–Crippen MR) is 130 cm³/mol. The van der Waals surface area contributed by atoms with E-state index in [2.05, 4.69) is 5.32 Å². The van der Waals surface area contributed by atoms with Crippen LogP contribution in [0.1, 0.15) is 27.6 Å². The summed E-state index contributed by atoms with van der Waals surface area (Å²) in [5, 5.41) is 2.72. The maximum atomic E-state index is 14.3. The number of anilines is 2. The fourth-order valence-corrected chi connectivity index (χ4v) is 5.26. The highest BCUT2D eigenvalue weighted by atomic mass is 35.5. The third kappa shape index (κ3) is 4.79. The van der Waals surface area contributed by atoms with Gasteiger partial charge >= 0.3 is 5.97 Å². The van der Waals surface area contributed by atoms with E-state index in [1.807, 2.05) is 0 Å². The Kier molecular flexibility index (Phi) is 7.04. The van der Waals surface area contributed by atoms with Gasteiger partial charge in [0.2, 0.25) is 0 Å². The van der Waals surface area contributed by atoms with Gasteiger partial charge in [-0.2, -0.15) is 0 Å². The Morgan fingerprint density at radius 2 is 1.92 bits per heavy atom. The lowest BCUT2D eigenvalue weighted by molar-refractivity contribution is 0.0521. The SMILES string of the molecule is CCOC(=O)c1ccc(NC(=O)c2ccc3c(c2)N(S(=O)(=O)c2cc(Cl)ccc2OC)CO3)cc1F. The quantitative estimate of drug-likeness (QED) is 0.445. The molecule has 0 spiro atoms. The van der Waals surface area contributed by atoms with Gasteiger partial charge in [0.15, 0.2) is 6.73 Å². The molecule has 1 amide bonds. The molecule has 0 aliphatic carbocycles. The van der Waals surface area contributed by atoms with Crippen molar-refractivity contribution in [2.75, 3.05) is 30.1 Å². The number of carbonyl (C=O) groups is 2. The van der Waals surface area contributed by atoms with E-state index in [1.54, 1.807) is 6.92 Å². The molecule has 188 valence electrons. The number of hydrogen-bond acceptors (Lipinski definition) is 7. The van der Waals surface area contributed by atoms with E-state index in [0.29, 0.717) is 0 Å². The lowest BCUT2D eigenvalue weighted by Crippen LogP contribution is -2.30. The minimum Gasteiger partial charge on any atom is -0.495 e. The van der Waals surface area contributed by atoms with Gasteiger partial charge in [0.1, 0.15) is 22.2 Å². The summed E-state index contributed by atoms with van der Waals surface area (Å²) >= 11 is 6.01. The Balaban J connectivity index is 1.61. The number of esters is 1. The maximum absolute atomic E-state index is 14.3. The summed E-state index contributed by atoms with van der Waals surface area (Å²) in [5.74, 6) is -1.97. The van der Waals surface area contributed by atoms with Crippen LogP contribution in [0.3, 0.4) is 0 Å². The van der Waals surface area contributed by atoms with Gasteiger partial charge in [-0.1, -0.05) is 11.6 Å². The summed E-state index contributed by atoms with van der Waals surface area (Å²) in [7, 11) is -2.83. The van der Waals surface area contributed by atoms with Crippen molar-refractivity contribution in [1.29, 1.82) is 0 Å². The number of methoxy groups -OCH3 is 1. The van der Waals surface area contributed by atoms with Gasteiger partial charge in [0.05, 0.1) is 25.0 Å². The van der Waals surface area contributed by atoms with E-state index >= 15 is 0 Å². The molecule has 3 aromatic rings. The molecule has 0 saturated carbocycles. The van der Waals surface area contributed by atoms with Crippen LogP contribution >= 0.6 is 11.6 Å². The fraction of sp³-hybridized carbons (Fsp3) is 0.167. The van der Waals surface area contributed by atoms with E-state index in [9.17, 15) is 22.4 Å². The Morgan fingerprint density at radius 1 is 1.14 bits per heavy atom. The van der Waals surface area contributed by atoms with E-state index in [1.165, 1.54) is 55.6 Å². The molecule has 36 heavy (non-hydrogen) atoms. The molecule has 0 bridgehead atoms. The first-order valence-corrected chi connectivity index (χ1v) is 12.4. The molecule has 1 aliphatic rings. The monoisotopic (exact) mass is 534 g/mol. The first kappa shape index (κ1) is 25.3. The largest absolute Gasteiger partial charge is 0.495 e. The number of nitrogens with zero attached hydrogens (tertiary/aromatic N) is 1. The lowest BCUT2D eigenvalue weighted by Gasteiger charge is -2.19. The van der Waals surface area contributed by atoms with Crippen LogP contribution in [-0.2, 0) is 14.8 Å². The number of ether oxygens (including phenoxy) is 3. The minimum atomic E-state index is -4.17. The molecular weight excluding hydrogens is 515 g/mol. The molecule has 1 aliphatic heterocycles. The lowest BCUT2D eigenvalue weighted by atomic mass is 10.1. The highest BCUT2D eigenvalue weighted by molar-refractivity contribution is 7.93. The molecule has 4 rings (SSSR count). The smallest absolute Gasteiger partial charge is 0.341 e. The molecule has 1 N–H and O–H groups in total. The second-order valence-electron chi connectivity index (χ2n) is 7.47. The minimum absolute atomic E-state index is 0.0902. The number of benzene rings is 3. The van der Waals surface area contributed by atoms with Crippen molar-refractivity contribution in [3.8, 4) is 11.5 Å². The van der Waals surface area contributed by atoms with Crippen LogP contribution in [0.25, 0.3) is 0 Å². The van der Waals surface area contributed by atoms with E-state index in [-0.39, 0.29) is 57.3 Å². The molecule has 12 heteroatoms. The van der Waals surface area contributed by atoms with Gasteiger partial charge in [-0.05, 0) is 61.5 Å². The Bertz CT molecular complexity index is 1460. The molecule has 0 unspecified atom stereocenters. The molecule has 1 heterocycles. The van der Waals surface area contributed by atoms with Gasteiger partial charge in [0.25, 0.3) is 15.9 Å². The molecule has 3 aromatic carbocycles. The van der Waals surface area contributed by atoms with Gasteiger partial charge in [-0.15, -0.1) is 0 Å². The van der Waals surface area contributed by atoms with Crippen molar-refractivity contribution >= 4 is 44.9 Å². The normalized spacial score (nSPS) is 12.5. The number of carbonyl (C=O) groups excluding carboxylic acids is 2. The molecule has 0 atom stereocenters. The van der Waals surface area contributed by atoms with Crippen molar-refractivity contribution < 1.29 is 36.6 Å². The second-order valence-corrected chi connectivity index (χ2v) is 9.74. The van der Waals surface area contributed by atoms with Crippen LogP contribution < -0.4 is 19.1 Å². The topological polar surface area (TPSA) is 111 Å². The third-order valence-corrected chi connectivity index (χ3v) is 7.24. The zero-order chi connectivity index (χ0) is 26.0. The average Bonchev–Trinajstić information content (AvgIpc) is 3.28. The third-order valence-electron chi connectivity index (χ3n) is 5.24. The summed E-state index contributed by atoms with van der Waals surface area (Å²) < 4.78 is 57.6. The number of sulfonamides is 1. The van der Waals surface area contributed by atoms with Crippen LogP contribution in [0, 0.1) is 5.82 Å². The van der Waals surface area contributed by atoms with Gasteiger partial charge in [-0.25, -0.2) is 21.9 Å². The van der Waals surface area contributed by atoms with Gasteiger partial charge < -0.3 is 19.5 Å². The van der Waals surface area contributed by atoms with Gasteiger partial charge in [0, 0.05) is 16.3 Å². The van der Waals surface area contributed by atoms with E-state index in [4.69, 9.17) is 25.8 Å². The maximum Gasteiger partial charge on any atom is 0.341 e. The molecule has 0 saturated heterocycles. The zero-order valence-corrected chi connectivity index (χ0v) is 20.7. The number of hydrogen-bond donors (Lipinski definition) is 1. The second kappa shape index (κ2) is 10.0. The summed E-state index contributed by atoms with van der Waals surface area (Å²) in [6.45, 7) is 1.37. The van der Waals surface area contributed by atoms with Crippen molar-refractivity contribution in [3.63, 3.8) is 0 Å². The summed E-state index contributed by atoms with van der Waals surface area (Å²) in [4.78, 5) is 24.5. The van der Waals surface area contributed by atoms with E-state index in [0.717, 1.165) is 10.4 Å². The first-order chi connectivity index (χ1) is 17.1. The fourth-order valence-electron chi connectivity index (χ4n) is 3.51. The number of rotatable bonds is 7. The van der Waals surface area contributed by atoms with Crippen LogP contribution in [0.2, 0.25) is 5.02 Å². The van der Waals surface area contributed by atoms with Gasteiger partial charge in [-0.3, -0.25) is 4.79 Å².